The zero-order valence-corrected chi connectivity index (χ0v) is 17.7. The highest BCUT2D eigenvalue weighted by atomic mass is 35.5. The van der Waals surface area contributed by atoms with Crippen LogP contribution in [0.3, 0.4) is 0 Å². The molecule has 12 heteroatoms. The summed E-state index contributed by atoms with van der Waals surface area (Å²) in [5.41, 5.74) is 0.541. The second kappa shape index (κ2) is 9.17. The quantitative estimate of drug-likeness (QED) is 0.327. The Labute approximate surface area is 190 Å². The number of hydrogen-bond donors (Lipinski definition) is 1. The highest BCUT2D eigenvalue weighted by molar-refractivity contribution is 6.32. The molecule has 2 aromatic carbocycles. The molecule has 0 aliphatic rings. The van der Waals surface area contributed by atoms with Crippen molar-refractivity contribution in [2.24, 2.45) is 0 Å². The molecule has 2 heterocycles. The van der Waals surface area contributed by atoms with Gasteiger partial charge in [-0.05, 0) is 29.8 Å². The topological polar surface area (TPSA) is 125 Å². The SMILES string of the molecule is O=C(NCCn1ncc2c(=O)n(Cc3ccc(F)cc3)cnc21)c1ccc(Cl)c([N+](=O)[O-])c1. The standard InChI is InChI=1S/C21H16ClFN6O4/c22-17-6-3-14(9-18(17)29(32)33)20(30)24-7-8-28-19-16(10-26-28)21(31)27(12-25-19)11-13-1-4-15(23)5-2-13/h1-6,9-10,12H,7-8,11H2,(H,24,30). The minimum Gasteiger partial charge on any atom is -0.350 e. The summed E-state index contributed by atoms with van der Waals surface area (Å²) in [5, 5.41) is 18.0. The van der Waals surface area contributed by atoms with Crippen molar-refractivity contribution in [3.8, 4) is 0 Å². The monoisotopic (exact) mass is 470 g/mol. The van der Waals surface area contributed by atoms with Crippen LogP contribution >= 0.6 is 11.6 Å². The molecule has 0 atom stereocenters. The van der Waals surface area contributed by atoms with Crippen LogP contribution in [-0.4, -0.2) is 36.7 Å². The average molecular weight is 471 g/mol. The van der Waals surface area contributed by atoms with Gasteiger partial charge < -0.3 is 5.32 Å². The summed E-state index contributed by atoms with van der Waals surface area (Å²) in [7, 11) is 0. The lowest BCUT2D eigenvalue weighted by Crippen LogP contribution is -2.28. The highest BCUT2D eigenvalue weighted by Crippen LogP contribution is 2.25. The molecule has 4 aromatic rings. The molecule has 1 amide bonds. The Morgan fingerprint density at radius 1 is 1.21 bits per heavy atom. The molecule has 1 N–H and O–H groups in total. The number of amides is 1. The number of carbonyl (C=O) groups is 1. The summed E-state index contributed by atoms with van der Waals surface area (Å²) < 4.78 is 16.0. The molecule has 0 unspecified atom stereocenters. The normalized spacial score (nSPS) is 11.0. The lowest BCUT2D eigenvalue weighted by Gasteiger charge is -2.08. The van der Waals surface area contributed by atoms with E-state index in [-0.39, 0.29) is 47.3 Å². The van der Waals surface area contributed by atoms with Gasteiger partial charge in [-0.3, -0.25) is 24.3 Å². The predicted octanol–water partition coefficient (Wildman–Crippen LogP) is 2.77. The Morgan fingerprint density at radius 3 is 2.70 bits per heavy atom. The summed E-state index contributed by atoms with van der Waals surface area (Å²) >= 11 is 5.76. The molecule has 0 saturated heterocycles. The molecular weight excluding hydrogens is 455 g/mol. The fraction of sp³-hybridized carbons (Fsp3) is 0.143. The molecule has 0 aliphatic heterocycles. The Balaban J connectivity index is 1.44. The van der Waals surface area contributed by atoms with Gasteiger partial charge in [-0.25, -0.2) is 14.1 Å². The number of benzene rings is 2. The van der Waals surface area contributed by atoms with E-state index in [9.17, 15) is 24.1 Å². The number of halogens is 2. The Morgan fingerprint density at radius 2 is 1.97 bits per heavy atom. The van der Waals surface area contributed by atoms with Crippen LogP contribution in [0.15, 0.2) is 59.8 Å². The van der Waals surface area contributed by atoms with Crippen molar-refractivity contribution in [1.29, 1.82) is 0 Å². The fourth-order valence-electron chi connectivity index (χ4n) is 3.23. The Bertz CT molecular complexity index is 1420. The molecule has 0 bridgehead atoms. The van der Waals surface area contributed by atoms with Gasteiger partial charge in [0, 0.05) is 18.2 Å². The van der Waals surface area contributed by atoms with Crippen LogP contribution in [-0.2, 0) is 13.1 Å². The van der Waals surface area contributed by atoms with Gasteiger partial charge in [-0.2, -0.15) is 5.10 Å². The first-order chi connectivity index (χ1) is 15.8. The molecule has 0 saturated carbocycles. The molecule has 0 radical (unpaired) electrons. The lowest BCUT2D eigenvalue weighted by molar-refractivity contribution is -0.384. The van der Waals surface area contributed by atoms with E-state index in [0.717, 1.165) is 11.6 Å². The van der Waals surface area contributed by atoms with E-state index < -0.39 is 10.8 Å². The van der Waals surface area contributed by atoms with Crippen LogP contribution in [0, 0.1) is 15.9 Å². The molecule has 0 fully saturated rings. The zero-order chi connectivity index (χ0) is 23.5. The van der Waals surface area contributed by atoms with Crippen molar-refractivity contribution in [3.63, 3.8) is 0 Å². The fourth-order valence-corrected chi connectivity index (χ4v) is 3.42. The van der Waals surface area contributed by atoms with Crippen molar-refractivity contribution in [1.82, 2.24) is 24.6 Å². The number of hydrogen-bond acceptors (Lipinski definition) is 6. The summed E-state index contributed by atoms with van der Waals surface area (Å²) in [4.78, 5) is 39.7. The second-order valence-corrected chi connectivity index (χ2v) is 7.50. The van der Waals surface area contributed by atoms with E-state index in [0.29, 0.717) is 11.0 Å². The largest absolute Gasteiger partial charge is 0.350 e. The minimum atomic E-state index is -0.663. The van der Waals surface area contributed by atoms with Gasteiger partial charge in [0.2, 0.25) is 0 Å². The van der Waals surface area contributed by atoms with E-state index >= 15 is 0 Å². The third-order valence-corrected chi connectivity index (χ3v) is 5.22. The van der Waals surface area contributed by atoms with Gasteiger partial charge in [0.15, 0.2) is 5.65 Å². The maximum atomic E-state index is 13.1. The van der Waals surface area contributed by atoms with Crippen LogP contribution in [0.4, 0.5) is 10.1 Å². The first-order valence-corrected chi connectivity index (χ1v) is 10.1. The van der Waals surface area contributed by atoms with Crippen LogP contribution < -0.4 is 10.9 Å². The minimum absolute atomic E-state index is 0.0595. The van der Waals surface area contributed by atoms with Crippen LogP contribution in [0.2, 0.25) is 5.02 Å². The number of nitro benzene ring substituents is 1. The van der Waals surface area contributed by atoms with E-state index in [2.05, 4.69) is 15.4 Å². The highest BCUT2D eigenvalue weighted by Gasteiger charge is 2.16. The van der Waals surface area contributed by atoms with Gasteiger partial charge in [0.25, 0.3) is 17.2 Å². The second-order valence-electron chi connectivity index (χ2n) is 7.09. The number of nitrogens with zero attached hydrogens (tertiary/aromatic N) is 5. The van der Waals surface area contributed by atoms with Gasteiger partial charge in [-0.15, -0.1) is 0 Å². The molecule has 168 valence electrons. The third-order valence-electron chi connectivity index (χ3n) is 4.90. The zero-order valence-electron chi connectivity index (χ0n) is 16.9. The molecule has 10 nitrogen and oxygen atoms in total. The molecule has 0 spiro atoms. The number of nitrogens with one attached hydrogen (secondary N) is 1. The van der Waals surface area contributed by atoms with E-state index in [1.54, 1.807) is 12.1 Å². The maximum absolute atomic E-state index is 13.1. The number of aromatic nitrogens is 4. The first kappa shape index (κ1) is 22.1. The van der Waals surface area contributed by atoms with Gasteiger partial charge in [0.1, 0.15) is 22.6 Å². The molecule has 0 aliphatic carbocycles. The number of carbonyl (C=O) groups excluding carboxylic acids is 1. The van der Waals surface area contributed by atoms with Crippen molar-refractivity contribution in [3.05, 3.63) is 97.4 Å². The van der Waals surface area contributed by atoms with Crippen LogP contribution in [0.5, 0.6) is 0 Å². The maximum Gasteiger partial charge on any atom is 0.288 e. The van der Waals surface area contributed by atoms with Gasteiger partial charge >= 0.3 is 0 Å². The summed E-state index contributed by atoms with van der Waals surface area (Å²) in [6.45, 7) is 0.599. The Kier molecular flexibility index (Phi) is 6.13. The van der Waals surface area contributed by atoms with Crippen LogP contribution in [0.1, 0.15) is 15.9 Å². The Hall–Kier alpha value is -4.12. The summed E-state index contributed by atoms with van der Waals surface area (Å²) in [5.74, 6) is -0.872. The molecule has 33 heavy (non-hydrogen) atoms. The van der Waals surface area contributed by atoms with Crippen molar-refractivity contribution in [2.45, 2.75) is 13.1 Å². The van der Waals surface area contributed by atoms with E-state index in [1.165, 1.54) is 46.0 Å². The van der Waals surface area contributed by atoms with Crippen molar-refractivity contribution >= 4 is 34.2 Å². The van der Waals surface area contributed by atoms with Crippen molar-refractivity contribution in [2.75, 3.05) is 6.54 Å². The first-order valence-electron chi connectivity index (χ1n) is 9.71. The summed E-state index contributed by atoms with van der Waals surface area (Å²) in [6.07, 6.45) is 2.79. The van der Waals surface area contributed by atoms with Crippen molar-refractivity contribution < 1.29 is 14.1 Å². The van der Waals surface area contributed by atoms with E-state index in [4.69, 9.17) is 11.6 Å². The smallest absolute Gasteiger partial charge is 0.288 e. The average Bonchev–Trinajstić information content (AvgIpc) is 3.21. The summed E-state index contributed by atoms with van der Waals surface area (Å²) in [6, 6.07) is 9.60. The number of nitro groups is 1. The number of fused-ring (bicyclic) bond motifs is 1. The molecule has 2 aromatic heterocycles. The van der Waals surface area contributed by atoms with Gasteiger partial charge in [0.05, 0.1) is 24.2 Å². The van der Waals surface area contributed by atoms with Crippen LogP contribution in [0.25, 0.3) is 11.0 Å². The van der Waals surface area contributed by atoms with E-state index in [1.807, 2.05) is 0 Å². The predicted molar refractivity (Wildman–Crippen MR) is 118 cm³/mol. The number of rotatable bonds is 7. The molecule has 4 rings (SSSR count). The lowest BCUT2D eigenvalue weighted by atomic mass is 10.2. The third kappa shape index (κ3) is 4.72. The van der Waals surface area contributed by atoms with Gasteiger partial charge in [-0.1, -0.05) is 23.7 Å². The molecular formula is C21H16ClFN6O4.